The normalized spacial score (nSPS) is 10.5. The summed E-state index contributed by atoms with van der Waals surface area (Å²) in [5.74, 6) is -2.18. The number of carbonyl (C=O) groups excluding carboxylic acids is 1. The largest absolute Gasteiger partial charge is 0.324 e. The van der Waals surface area contributed by atoms with Crippen LogP contribution in [0, 0.1) is 25.5 Å². The predicted octanol–water partition coefficient (Wildman–Crippen LogP) is 4.37. The van der Waals surface area contributed by atoms with E-state index < -0.39 is 17.5 Å². The maximum atomic E-state index is 13.2. The van der Waals surface area contributed by atoms with E-state index in [0.29, 0.717) is 5.95 Å². The van der Waals surface area contributed by atoms with Crippen molar-refractivity contribution in [2.75, 3.05) is 10.6 Å². The van der Waals surface area contributed by atoms with Crippen molar-refractivity contribution in [2.24, 2.45) is 0 Å². The van der Waals surface area contributed by atoms with E-state index in [-0.39, 0.29) is 11.3 Å². The average Bonchev–Trinajstić information content (AvgIpc) is 2.62. The lowest BCUT2D eigenvalue weighted by Gasteiger charge is -2.11. The maximum Gasteiger partial charge on any atom is 0.258 e. The molecule has 1 heterocycles. The van der Waals surface area contributed by atoms with Gasteiger partial charge >= 0.3 is 0 Å². The molecular weight excluding hydrogens is 338 g/mol. The van der Waals surface area contributed by atoms with Crippen LogP contribution in [0.15, 0.2) is 48.8 Å². The van der Waals surface area contributed by atoms with E-state index in [0.717, 1.165) is 28.9 Å². The Balaban J connectivity index is 1.72. The third-order valence-corrected chi connectivity index (χ3v) is 3.81. The lowest BCUT2D eigenvalue weighted by molar-refractivity contribution is 0.102. The second kappa shape index (κ2) is 7.26. The van der Waals surface area contributed by atoms with Crippen molar-refractivity contribution in [2.45, 2.75) is 13.8 Å². The Kier molecular flexibility index (Phi) is 4.88. The molecule has 0 aliphatic rings. The number of benzene rings is 2. The molecule has 2 N–H and O–H groups in total. The third kappa shape index (κ3) is 3.83. The molecule has 0 aliphatic carbocycles. The van der Waals surface area contributed by atoms with Crippen molar-refractivity contribution in [3.8, 4) is 0 Å². The molecule has 3 rings (SSSR count). The lowest BCUT2D eigenvalue weighted by atomic mass is 10.1. The summed E-state index contributed by atoms with van der Waals surface area (Å²) in [6.07, 6.45) is 2.72. The van der Waals surface area contributed by atoms with Crippen LogP contribution in [0.5, 0.6) is 0 Å². The second-order valence-corrected chi connectivity index (χ2v) is 5.77. The summed E-state index contributed by atoms with van der Waals surface area (Å²) in [7, 11) is 0. The first kappa shape index (κ1) is 17.5. The molecule has 0 atom stereocenters. The topological polar surface area (TPSA) is 66.9 Å². The zero-order chi connectivity index (χ0) is 18.7. The van der Waals surface area contributed by atoms with Gasteiger partial charge in [-0.1, -0.05) is 18.2 Å². The van der Waals surface area contributed by atoms with E-state index in [1.165, 1.54) is 18.5 Å². The minimum atomic E-state index is -1.04. The summed E-state index contributed by atoms with van der Waals surface area (Å²) in [5, 5.41) is 5.59. The van der Waals surface area contributed by atoms with Gasteiger partial charge in [-0.15, -0.1) is 0 Å². The van der Waals surface area contributed by atoms with Crippen molar-refractivity contribution < 1.29 is 13.6 Å². The molecule has 132 valence electrons. The predicted molar refractivity (Wildman–Crippen MR) is 95.5 cm³/mol. The van der Waals surface area contributed by atoms with Crippen LogP contribution in [0.2, 0.25) is 0 Å². The zero-order valence-corrected chi connectivity index (χ0v) is 14.2. The number of hydrogen-bond donors (Lipinski definition) is 2. The number of aryl methyl sites for hydroxylation is 2. The molecule has 0 bridgehead atoms. The van der Waals surface area contributed by atoms with Gasteiger partial charge in [-0.05, 0) is 37.1 Å². The molecule has 5 nitrogen and oxygen atoms in total. The Bertz CT molecular complexity index is 938. The maximum absolute atomic E-state index is 13.2. The van der Waals surface area contributed by atoms with Crippen LogP contribution in [0.3, 0.4) is 0 Å². The van der Waals surface area contributed by atoms with Gasteiger partial charge in [0.05, 0.1) is 5.56 Å². The van der Waals surface area contributed by atoms with Crippen LogP contribution in [0.1, 0.15) is 21.5 Å². The number of halogens is 2. The molecule has 0 radical (unpaired) electrons. The monoisotopic (exact) mass is 354 g/mol. The van der Waals surface area contributed by atoms with Crippen LogP contribution < -0.4 is 10.6 Å². The number of carbonyl (C=O) groups is 1. The van der Waals surface area contributed by atoms with E-state index >= 15 is 0 Å². The Hall–Kier alpha value is -3.35. The molecule has 2 aromatic carbocycles. The van der Waals surface area contributed by atoms with Gasteiger partial charge in [-0.3, -0.25) is 4.79 Å². The Labute approximate surface area is 149 Å². The lowest BCUT2D eigenvalue weighted by Crippen LogP contribution is -2.13. The summed E-state index contributed by atoms with van der Waals surface area (Å²) >= 11 is 0. The molecule has 0 unspecified atom stereocenters. The SMILES string of the molecule is Cc1cccc(C)c1Nc1ncc(C(=O)Nc2ccc(F)c(F)c2)cn1. The highest BCUT2D eigenvalue weighted by atomic mass is 19.2. The molecule has 0 saturated carbocycles. The fourth-order valence-corrected chi connectivity index (χ4v) is 2.41. The van der Waals surface area contributed by atoms with Crippen molar-refractivity contribution in [1.82, 2.24) is 9.97 Å². The molecule has 1 aromatic heterocycles. The van der Waals surface area contributed by atoms with Gasteiger partial charge in [0.15, 0.2) is 11.6 Å². The summed E-state index contributed by atoms with van der Waals surface area (Å²) < 4.78 is 26.1. The van der Waals surface area contributed by atoms with Crippen LogP contribution in [0.4, 0.5) is 26.1 Å². The molecule has 0 aliphatic heterocycles. The van der Waals surface area contributed by atoms with Gasteiger partial charge in [0.1, 0.15) is 0 Å². The van der Waals surface area contributed by atoms with Gasteiger partial charge in [-0.25, -0.2) is 18.7 Å². The number of nitrogens with one attached hydrogen (secondary N) is 2. The molecular formula is C19H16F2N4O. The fraction of sp³-hybridized carbons (Fsp3) is 0.105. The molecule has 0 saturated heterocycles. The second-order valence-electron chi connectivity index (χ2n) is 5.77. The van der Waals surface area contributed by atoms with Crippen LogP contribution in [0.25, 0.3) is 0 Å². The number of rotatable bonds is 4. The smallest absolute Gasteiger partial charge is 0.258 e. The number of nitrogens with zero attached hydrogens (tertiary/aromatic N) is 2. The minimum absolute atomic E-state index is 0.145. The Morgan fingerprint density at radius 1 is 0.962 bits per heavy atom. The van der Waals surface area contributed by atoms with Crippen molar-refractivity contribution in [3.05, 3.63) is 77.1 Å². The van der Waals surface area contributed by atoms with E-state index in [1.54, 1.807) is 0 Å². The van der Waals surface area contributed by atoms with Crippen LogP contribution in [-0.2, 0) is 0 Å². The summed E-state index contributed by atoms with van der Waals surface area (Å²) in [6.45, 7) is 3.94. The molecule has 0 spiro atoms. The first-order chi connectivity index (χ1) is 12.4. The number of aromatic nitrogens is 2. The Morgan fingerprint density at radius 2 is 1.62 bits per heavy atom. The van der Waals surface area contributed by atoms with E-state index in [2.05, 4.69) is 20.6 Å². The van der Waals surface area contributed by atoms with Gasteiger partial charge in [0, 0.05) is 29.8 Å². The molecule has 1 amide bonds. The van der Waals surface area contributed by atoms with Crippen LogP contribution in [-0.4, -0.2) is 15.9 Å². The first-order valence-corrected chi connectivity index (χ1v) is 7.86. The molecule has 3 aromatic rings. The molecule has 26 heavy (non-hydrogen) atoms. The quantitative estimate of drug-likeness (QED) is 0.730. The summed E-state index contributed by atoms with van der Waals surface area (Å²) in [4.78, 5) is 20.4. The fourth-order valence-electron chi connectivity index (χ4n) is 2.41. The minimum Gasteiger partial charge on any atom is -0.324 e. The number of hydrogen-bond acceptors (Lipinski definition) is 4. The summed E-state index contributed by atoms with van der Waals surface area (Å²) in [5.41, 5.74) is 3.35. The van der Waals surface area contributed by atoms with Gasteiger partial charge in [0.25, 0.3) is 5.91 Å². The van der Waals surface area contributed by atoms with Crippen molar-refractivity contribution in [3.63, 3.8) is 0 Å². The number of para-hydroxylation sites is 1. The Morgan fingerprint density at radius 3 is 2.23 bits per heavy atom. The van der Waals surface area contributed by atoms with Crippen molar-refractivity contribution in [1.29, 1.82) is 0 Å². The van der Waals surface area contributed by atoms with E-state index in [1.807, 2.05) is 32.0 Å². The van der Waals surface area contributed by atoms with Crippen molar-refractivity contribution >= 4 is 23.2 Å². The third-order valence-electron chi connectivity index (χ3n) is 3.81. The molecule has 7 heteroatoms. The summed E-state index contributed by atoms with van der Waals surface area (Å²) in [6, 6.07) is 9.03. The van der Waals surface area contributed by atoms with Gasteiger partial charge in [-0.2, -0.15) is 0 Å². The highest BCUT2D eigenvalue weighted by Crippen LogP contribution is 2.22. The average molecular weight is 354 g/mol. The van der Waals surface area contributed by atoms with Crippen LogP contribution >= 0.6 is 0 Å². The van der Waals surface area contributed by atoms with E-state index in [4.69, 9.17) is 0 Å². The highest BCUT2D eigenvalue weighted by Gasteiger charge is 2.10. The number of anilines is 3. The van der Waals surface area contributed by atoms with Gasteiger partial charge in [0.2, 0.25) is 5.95 Å². The van der Waals surface area contributed by atoms with E-state index in [9.17, 15) is 13.6 Å². The highest BCUT2D eigenvalue weighted by molar-refractivity contribution is 6.03. The van der Waals surface area contributed by atoms with Gasteiger partial charge < -0.3 is 10.6 Å². The standard InChI is InChI=1S/C19H16F2N4O/c1-11-4-3-5-12(2)17(11)25-19-22-9-13(10-23-19)18(26)24-14-6-7-15(20)16(21)8-14/h3-10H,1-2H3,(H,24,26)(H,22,23,25). The number of amides is 1. The molecule has 0 fully saturated rings. The first-order valence-electron chi connectivity index (χ1n) is 7.86. The zero-order valence-electron chi connectivity index (χ0n) is 14.2.